The number of rotatable bonds is 6. The topological polar surface area (TPSA) is 39.7 Å². The van der Waals surface area contributed by atoms with Gasteiger partial charge in [0.05, 0.1) is 12.1 Å². The van der Waals surface area contributed by atoms with E-state index in [-0.39, 0.29) is 12.1 Å². The Hall–Kier alpha value is -1.26. The zero-order valence-corrected chi connectivity index (χ0v) is 12.8. The molecule has 0 aliphatic carbocycles. The molecule has 2 rings (SSSR count). The van der Waals surface area contributed by atoms with Crippen molar-refractivity contribution in [2.24, 2.45) is 5.92 Å². The summed E-state index contributed by atoms with van der Waals surface area (Å²) in [5, 5.41) is 3.37. The van der Waals surface area contributed by atoms with E-state index < -0.39 is 0 Å². The molecule has 0 spiro atoms. The van der Waals surface area contributed by atoms with E-state index >= 15 is 0 Å². The third-order valence-electron chi connectivity index (χ3n) is 3.58. The third kappa shape index (κ3) is 3.25. The lowest BCUT2D eigenvalue weighted by molar-refractivity contribution is 0.00450. The molecule has 0 radical (unpaired) electrons. The average molecular weight is 279 g/mol. The van der Waals surface area contributed by atoms with Crippen LogP contribution >= 0.6 is 0 Å². The van der Waals surface area contributed by atoms with Crippen molar-refractivity contribution in [3.63, 3.8) is 0 Å². The molecule has 0 saturated heterocycles. The molecule has 4 heteroatoms. The van der Waals surface area contributed by atoms with Gasteiger partial charge in [-0.2, -0.15) is 0 Å². The van der Waals surface area contributed by atoms with E-state index in [4.69, 9.17) is 14.2 Å². The second-order valence-corrected chi connectivity index (χ2v) is 5.33. The van der Waals surface area contributed by atoms with E-state index in [0.29, 0.717) is 25.7 Å². The van der Waals surface area contributed by atoms with Crippen molar-refractivity contribution < 1.29 is 14.2 Å². The lowest BCUT2D eigenvalue weighted by atomic mass is 9.93. The molecule has 1 aliphatic heterocycles. The highest BCUT2D eigenvalue weighted by molar-refractivity contribution is 5.44. The minimum Gasteiger partial charge on any atom is -0.486 e. The molecule has 1 aromatic carbocycles. The number of ether oxygens (including phenoxy) is 3. The van der Waals surface area contributed by atoms with Gasteiger partial charge < -0.3 is 19.5 Å². The number of hydrogen-bond acceptors (Lipinski definition) is 4. The molecular weight excluding hydrogens is 254 g/mol. The van der Waals surface area contributed by atoms with Gasteiger partial charge in [0.15, 0.2) is 11.5 Å². The first-order valence-electron chi connectivity index (χ1n) is 7.35. The van der Waals surface area contributed by atoms with Crippen molar-refractivity contribution in [2.45, 2.75) is 32.9 Å². The first kappa shape index (κ1) is 15.1. The standard InChI is InChI=1S/C16H25NO3/c1-5-18-16(11(2)3)15(17-4)12-6-7-13-14(10-12)20-9-8-19-13/h6-7,10-11,15-17H,5,8-9H2,1-4H3. The zero-order valence-electron chi connectivity index (χ0n) is 12.8. The average Bonchev–Trinajstić information content (AvgIpc) is 2.47. The molecule has 2 atom stereocenters. The molecule has 0 aromatic heterocycles. The fourth-order valence-electron chi connectivity index (χ4n) is 2.64. The van der Waals surface area contributed by atoms with Gasteiger partial charge in [-0.1, -0.05) is 19.9 Å². The van der Waals surface area contributed by atoms with Crippen LogP contribution in [0.2, 0.25) is 0 Å². The summed E-state index contributed by atoms with van der Waals surface area (Å²) < 4.78 is 17.2. The summed E-state index contributed by atoms with van der Waals surface area (Å²) in [5.74, 6) is 2.08. The van der Waals surface area contributed by atoms with Gasteiger partial charge >= 0.3 is 0 Å². The highest BCUT2D eigenvalue weighted by atomic mass is 16.6. The SMILES string of the molecule is CCOC(C(C)C)C(NC)c1ccc2c(c1)OCCO2. The van der Waals surface area contributed by atoms with E-state index in [2.05, 4.69) is 31.3 Å². The quantitative estimate of drug-likeness (QED) is 0.869. The molecule has 0 amide bonds. The van der Waals surface area contributed by atoms with Crippen LogP contribution in [-0.4, -0.2) is 33.0 Å². The predicted molar refractivity (Wildman–Crippen MR) is 79.5 cm³/mol. The van der Waals surface area contributed by atoms with Gasteiger partial charge in [0.1, 0.15) is 13.2 Å². The number of nitrogens with one attached hydrogen (secondary N) is 1. The van der Waals surface area contributed by atoms with Crippen molar-refractivity contribution in [3.05, 3.63) is 23.8 Å². The van der Waals surface area contributed by atoms with Gasteiger partial charge in [-0.25, -0.2) is 0 Å². The Labute approximate surface area is 121 Å². The fourth-order valence-corrected chi connectivity index (χ4v) is 2.64. The smallest absolute Gasteiger partial charge is 0.161 e. The highest BCUT2D eigenvalue weighted by Gasteiger charge is 2.26. The van der Waals surface area contributed by atoms with E-state index in [9.17, 15) is 0 Å². The molecule has 4 nitrogen and oxygen atoms in total. The fraction of sp³-hybridized carbons (Fsp3) is 0.625. The summed E-state index contributed by atoms with van der Waals surface area (Å²) in [6.07, 6.45) is 0.132. The molecule has 20 heavy (non-hydrogen) atoms. The second kappa shape index (κ2) is 6.95. The minimum atomic E-state index is 0.132. The molecule has 0 fully saturated rings. The van der Waals surface area contributed by atoms with Gasteiger partial charge in [0, 0.05) is 6.61 Å². The lowest BCUT2D eigenvalue weighted by Crippen LogP contribution is -2.35. The van der Waals surface area contributed by atoms with Gasteiger partial charge in [-0.05, 0) is 37.6 Å². The largest absolute Gasteiger partial charge is 0.486 e. The van der Waals surface area contributed by atoms with Gasteiger partial charge in [0.25, 0.3) is 0 Å². The van der Waals surface area contributed by atoms with Crippen molar-refractivity contribution in [3.8, 4) is 11.5 Å². The summed E-state index contributed by atoms with van der Waals surface area (Å²) in [4.78, 5) is 0. The Morgan fingerprint density at radius 3 is 2.50 bits per heavy atom. The number of hydrogen-bond donors (Lipinski definition) is 1. The van der Waals surface area contributed by atoms with Crippen LogP contribution in [0.4, 0.5) is 0 Å². The third-order valence-corrected chi connectivity index (χ3v) is 3.58. The molecule has 0 bridgehead atoms. The Bertz CT molecular complexity index is 434. The van der Waals surface area contributed by atoms with Crippen LogP contribution in [0.15, 0.2) is 18.2 Å². The van der Waals surface area contributed by atoms with Crippen LogP contribution in [0.25, 0.3) is 0 Å². The van der Waals surface area contributed by atoms with Gasteiger partial charge in [-0.3, -0.25) is 0 Å². The van der Waals surface area contributed by atoms with Crippen LogP contribution in [0, 0.1) is 5.92 Å². The Balaban J connectivity index is 2.26. The first-order valence-corrected chi connectivity index (χ1v) is 7.35. The van der Waals surface area contributed by atoms with Crippen LogP contribution in [-0.2, 0) is 4.74 Å². The number of benzene rings is 1. The van der Waals surface area contributed by atoms with Crippen molar-refractivity contribution in [1.29, 1.82) is 0 Å². The number of likely N-dealkylation sites (N-methyl/N-ethyl adjacent to an activating group) is 1. The zero-order chi connectivity index (χ0) is 14.5. The molecule has 2 unspecified atom stereocenters. The summed E-state index contributed by atoms with van der Waals surface area (Å²) in [7, 11) is 1.97. The summed E-state index contributed by atoms with van der Waals surface area (Å²) in [5.41, 5.74) is 1.17. The van der Waals surface area contributed by atoms with Crippen molar-refractivity contribution >= 4 is 0 Å². The molecule has 112 valence electrons. The Morgan fingerprint density at radius 1 is 1.20 bits per heavy atom. The van der Waals surface area contributed by atoms with Crippen LogP contribution in [0.5, 0.6) is 11.5 Å². The van der Waals surface area contributed by atoms with E-state index in [1.807, 2.05) is 20.0 Å². The second-order valence-electron chi connectivity index (χ2n) is 5.33. The maximum absolute atomic E-state index is 5.92. The van der Waals surface area contributed by atoms with Crippen LogP contribution in [0.3, 0.4) is 0 Å². The maximum Gasteiger partial charge on any atom is 0.161 e. The molecule has 1 aliphatic rings. The highest BCUT2D eigenvalue weighted by Crippen LogP contribution is 2.34. The molecule has 1 N–H and O–H groups in total. The normalized spacial score (nSPS) is 17.1. The Kier molecular flexibility index (Phi) is 5.26. The van der Waals surface area contributed by atoms with Crippen LogP contribution < -0.4 is 14.8 Å². The van der Waals surface area contributed by atoms with Crippen molar-refractivity contribution in [2.75, 3.05) is 26.9 Å². The minimum absolute atomic E-state index is 0.132. The van der Waals surface area contributed by atoms with E-state index in [0.717, 1.165) is 11.5 Å². The van der Waals surface area contributed by atoms with E-state index in [1.54, 1.807) is 0 Å². The predicted octanol–water partition coefficient (Wildman–Crippen LogP) is 2.78. The van der Waals surface area contributed by atoms with Gasteiger partial charge in [0.2, 0.25) is 0 Å². The molecule has 0 saturated carbocycles. The summed E-state index contributed by atoms with van der Waals surface area (Å²) >= 11 is 0. The van der Waals surface area contributed by atoms with Crippen LogP contribution in [0.1, 0.15) is 32.4 Å². The molecule has 1 aromatic rings. The Morgan fingerprint density at radius 2 is 1.90 bits per heavy atom. The summed E-state index contributed by atoms with van der Waals surface area (Å²) in [6.45, 7) is 8.35. The lowest BCUT2D eigenvalue weighted by Gasteiger charge is -2.31. The first-order chi connectivity index (χ1) is 9.67. The summed E-state index contributed by atoms with van der Waals surface area (Å²) in [6, 6.07) is 6.27. The maximum atomic E-state index is 5.92. The molecular formula is C16H25NO3. The van der Waals surface area contributed by atoms with Gasteiger partial charge in [-0.15, -0.1) is 0 Å². The number of fused-ring (bicyclic) bond motifs is 1. The van der Waals surface area contributed by atoms with E-state index in [1.165, 1.54) is 5.56 Å². The monoisotopic (exact) mass is 279 g/mol. The van der Waals surface area contributed by atoms with Crippen molar-refractivity contribution in [1.82, 2.24) is 5.32 Å². The molecule has 1 heterocycles.